The average Bonchev–Trinajstić information content (AvgIpc) is 3.29. The molecular formula is C26H26Cl2N6O. The van der Waals surface area contributed by atoms with Crippen LogP contribution in [0.4, 0.5) is 5.95 Å². The molecule has 2 aromatic heterocycles. The molecule has 0 bridgehead atoms. The maximum Gasteiger partial charge on any atom is 0.254 e. The lowest BCUT2D eigenvalue weighted by Crippen LogP contribution is -2.49. The molecule has 0 spiro atoms. The van der Waals surface area contributed by atoms with E-state index in [-0.39, 0.29) is 11.3 Å². The molecule has 9 heteroatoms. The lowest BCUT2D eigenvalue weighted by molar-refractivity contribution is 0.0746. The van der Waals surface area contributed by atoms with Crippen LogP contribution in [-0.4, -0.2) is 56.6 Å². The van der Waals surface area contributed by atoms with Crippen molar-refractivity contribution in [2.75, 3.05) is 31.1 Å². The van der Waals surface area contributed by atoms with Crippen LogP contribution in [0.25, 0.3) is 17.0 Å². The number of hydrogen-bond acceptors (Lipinski definition) is 5. The molecule has 0 aliphatic carbocycles. The fourth-order valence-corrected chi connectivity index (χ4v) is 4.49. The van der Waals surface area contributed by atoms with Crippen molar-refractivity contribution in [1.82, 2.24) is 24.5 Å². The fourth-order valence-electron chi connectivity index (χ4n) is 4.20. The van der Waals surface area contributed by atoms with E-state index in [9.17, 15) is 4.79 Å². The van der Waals surface area contributed by atoms with Gasteiger partial charge in [0.2, 0.25) is 5.95 Å². The van der Waals surface area contributed by atoms with Crippen molar-refractivity contribution in [2.24, 2.45) is 0 Å². The van der Waals surface area contributed by atoms with Gasteiger partial charge in [0.15, 0.2) is 0 Å². The third kappa shape index (κ3) is 4.70. The van der Waals surface area contributed by atoms with Crippen LogP contribution in [-0.2, 0) is 5.41 Å². The number of anilines is 1. The van der Waals surface area contributed by atoms with Crippen molar-refractivity contribution < 1.29 is 4.79 Å². The first-order chi connectivity index (χ1) is 16.7. The summed E-state index contributed by atoms with van der Waals surface area (Å²) in [7, 11) is 0. The fraction of sp³-hybridized carbons (Fsp3) is 0.308. The normalized spacial score (nSPS) is 14.5. The van der Waals surface area contributed by atoms with Gasteiger partial charge in [-0.3, -0.25) is 4.79 Å². The first kappa shape index (κ1) is 23.6. The largest absolute Gasteiger partial charge is 0.336 e. The number of aromatic nitrogens is 4. The van der Waals surface area contributed by atoms with Gasteiger partial charge < -0.3 is 9.80 Å². The zero-order valence-corrected chi connectivity index (χ0v) is 21.4. The molecule has 2 aromatic carbocycles. The molecule has 35 heavy (non-hydrogen) atoms. The van der Waals surface area contributed by atoms with Crippen molar-refractivity contribution in [3.8, 4) is 11.3 Å². The molecule has 5 rings (SSSR count). The number of carbonyl (C=O) groups is 1. The lowest BCUT2D eigenvalue weighted by atomic mass is 9.86. The van der Waals surface area contributed by atoms with Gasteiger partial charge >= 0.3 is 0 Å². The van der Waals surface area contributed by atoms with E-state index in [0.717, 1.165) is 11.3 Å². The molecular weight excluding hydrogens is 483 g/mol. The molecule has 3 heterocycles. The summed E-state index contributed by atoms with van der Waals surface area (Å²) in [5, 5.41) is 5.69. The molecule has 1 aliphatic rings. The highest BCUT2D eigenvalue weighted by molar-refractivity contribution is 6.42. The van der Waals surface area contributed by atoms with E-state index >= 15 is 0 Å². The Labute approximate surface area is 214 Å². The second kappa shape index (κ2) is 9.13. The minimum Gasteiger partial charge on any atom is -0.336 e. The standard InChI is InChI=1S/C26H26Cl2N6O/c1-26(2,3)19-7-4-17(5-8-19)23(35)32-12-14-33(15-13-32)25-30-24-29-11-10-22(34(24)31-25)18-6-9-20(27)21(28)16-18/h4-11,16H,12-15H2,1-3H3. The number of carbonyl (C=O) groups excluding carboxylic acids is 1. The minimum atomic E-state index is 0.0524. The Morgan fingerprint density at radius 1 is 0.914 bits per heavy atom. The first-order valence-corrected chi connectivity index (χ1v) is 12.3. The van der Waals surface area contributed by atoms with Crippen LogP contribution in [0.2, 0.25) is 10.0 Å². The zero-order chi connectivity index (χ0) is 24.7. The number of rotatable bonds is 3. The molecule has 0 radical (unpaired) electrons. The van der Waals surface area contributed by atoms with Crippen LogP contribution >= 0.6 is 23.2 Å². The molecule has 0 atom stereocenters. The van der Waals surface area contributed by atoms with Crippen LogP contribution in [0.3, 0.4) is 0 Å². The van der Waals surface area contributed by atoms with E-state index in [1.807, 2.05) is 41.3 Å². The van der Waals surface area contributed by atoms with Crippen LogP contribution < -0.4 is 4.90 Å². The van der Waals surface area contributed by atoms with Gasteiger partial charge in [0.05, 0.1) is 15.7 Å². The molecule has 0 saturated carbocycles. The Morgan fingerprint density at radius 2 is 1.63 bits per heavy atom. The number of halogens is 2. The monoisotopic (exact) mass is 508 g/mol. The highest BCUT2D eigenvalue weighted by atomic mass is 35.5. The van der Waals surface area contributed by atoms with Gasteiger partial charge in [-0.25, -0.2) is 4.98 Å². The molecule has 0 unspecified atom stereocenters. The summed E-state index contributed by atoms with van der Waals surface area (Å²) in [5.74, 6) is 1.14. The lowest BCUT2D eigenvalue weighted by Gasteiger charge is -2.34. The Kier molecular flexibility index (Phi) is 6.15. The van der Waals surface area contributed by atoms with Gasteiger partial charge in [-0.2, -0.15) is 9.50 Å². The molecule has 1 fully saturated rings. The number of piperazine rings is 1. The van der Waals surface area contributed by atoms with Crippen molar-refractivity contribution in [3.63, 3.8) is 0 Å². The summed E-state index contributed by atoms with van der Waals surface area (Å²) in [5.41, 5.74) is 3.68. The summed E-state index contributed by atoms with van der Waals surface area (Å²) < 4.78 is 1.71. The maximum atomic E-state index is 13.0. The first-order valence-electron chi connectivity index (χ1n) is 11.5. The Bertz CT molecular complexity index is 1390. The SMILES string of the molecule is CC(C)(C)c1ccc(C(=O)N2CCN(c3nc4nccc(-c5ccc(Cl)c(Cl)c5)n4n3)CC2)cc1. The summed E-state index contributed by atoms with van der Waals surface area (Å²) in [6.45, 7) is 8.99. The van der Waals surface area contributed by atoms with E-state index in [2.05, 4.69) is 35.6 Å². The number of nitrogens with zero attached hydrogens (tertiary/aromatic N) is 6. The molecule has 4 aromatic rings. The van der Waals surface area contributed by atoms with Crippen molar-refractivity contribution in [3.05, 3.63) is 75.9 Å². The van der Waals surface area contributed by atoms with E-state index in [4.69, 9.17) is 28.3 Å². The van der Waals surface area contributed by atoms with Gasteiger partial charge in [0.1, 0.15) is 0 Å². The van der Waals surface area contributed by atoms with Crippen molar-refractivity contribution in [1.29, 1.82) is 0 Å². The second-order valence-electron chi connectivity index (χ2n) is 9.69. The minimum absolute atomic E-state index is 0.0524. The van der Waals surface area contributed by atoms with Gasteiger partial charge in [0.25, 0.3) is 11.7 Å². The van der Waals surface area contributed by atoms with Crippen LogP contribution in [0.5, 0.6) is 0 Å². The molecule has 180 valence electrons. The van der Waals surface area contributed by atoms with Crippen LogP contribution in [0, 0.1) is 0 Å². The third-order valence-electron chi connectivity index (χ3n) is 6.29. The summed E-state index contributed by atoms with van der Waals surface area (Å²) >= 11 is 12.3. The van der Waals surface area contributed by atoms with Gasteiger partial charge in [0, 0.05) is 43.5 Å². The van der Waals surface area contributed by atoms with E-state index < -0.39 is 0 Å². The quantitative estimate of drug-likeness (QED) is 0.372. The summed E-state index contributed by atoms with van der Waals surface area (Å²) in [4.78, 5) is 26.0. The molecule has 1 amide bonds. The summed E-state index contributed by atoms with van der Waals surface area (Å²) in [6, 6.07) is 15.3. The topological polar surface area (TPSA) is 66.6 Å². The molecule has 1 saturated heterocycles. The van der Waals surface area contributed by atoms with Crippen molar-refractivity contribution in [2.45, 2.75) is 26.2 Å². The number of hydrogen-bond donors (Lipinski definition) is 0. The van der Waals surface area contributed by atoms with E-state index in [0.29, 0.717) is 53.5 Å². The number of fused-ring (bicyclic) bond motifs is 1. The molecule has 0 N–H and O–H groups in total. The predicted molar refractivity (Wildman–Crippen MR) is 139 cm³/mol. The Balaban J connectivity index is 1.31. The number of benzene rings is 2. The summed E-state index contributed by atoms with van der Waals surface area (Å²) in [6.07, 6.45) is 1.70. The highest BCUT2D eigenvalue weighted by Crippen LogP contribution is 2.29. The smallest absolute Gasteiger partial charge is 0.254 e. The van der Waals surface area contributed by atoms with Gasteiger partial charge in [-0.1, -0.05) is 62.2 Å². The average molecular weight is 509 g/mol. The Morgan fingerprint density at radius 3 is 2.29 bits per heavy atom. The van der Waals surface area contributed by atoms with E-state index in [1.165, 1.54) is 5.56 Å². The number of amides is 1. The molecule has 1 aliphatic heterocycles. The molecule has 7 nitrogen and oxygen atoms in total. The second-order valence-corrected chi connectivity index (χ2v) is 10.5. The third-order valence-corrected chi connectivity index (χ3v) is 7.03. The zero-order valence-electron chi connectivity index (χ0n) is 19.9. The van der Waals surface area contributed by atoms with Crippen molar-refractivity contribution >= 4 is 40.8 Å². The Hall–Kier alpha value is -3.16. The van der Waals surface area contributed by atoms with Gasteiger partial charge in [-0.05, 0) is 41.3 Å². The van der Waals surface area contributed by atoms with Crippen LogP contribution in [0.1, 0.15) is 36.7 Å². The van der Waals surface area contributed by atoms with Crippen LogP contribution in [0.15, 0.2) is 54.7 Å². The van der Waals surface area contributed by atoms with E-state index in [1.54, 1.807) is 22.8 Å². The van der Waals surface area contributed by atoms with Gasteiger partial charge in [-0.15, -0.1) is 5.10 Å². The highest BCUT2D eigenvalue weighted by Gasteiger charge is 2.25. The predicted octanol–water partition coefficient (Wildman–Crippen LogP) is 5.36. The maximum absolute atomic E-state index is 13.0.